The number of para-hydroxylation sites is 1. The third-order valence-corrected chi connectivity index (χ3v) is 4.69. The number of rotatable bonds is 7. The summed E-state index contributed by atoms with van der Waals surface area (Å²) in [4.78, 5) is 29.3. The van der Waals surface area contributed by atoms with Gasteiger partial charge in [0.2, 0.25) is 0 Å². The summed E-state index contributed by atoms with van der Waals surface area (Å²) in [6.45, 7) is 6.10. The van der Waals surface area contributed by atoms with Gasteiger partial charge >= 0.3 is 5.97 Å². The van der Waals surface area contributed by atoms with Gasteiger partial charge in [0, 0.05) is 6.54 Å². The van der Waals surface area contributed by atoms with Crippen molar-refractivity contribution in [2.45, 2.75) is 24.4 Å². The molecule has 26 heavy (non-hydrogen) atoms. The summed E-state index contributed by atoms with van der Waals surface area (Å²) in [5.41, 5.74) is 0.895. The molecule has 2 aromatic heterocycles. The van der Waals surface area contributed by atoms with Crippen molar-refractivity contribution in [2.24, 2.45) is 0 Å². The molecule has 0 amide bonds. The lowest BCUT2D eigenvalue weighted by atomic mass is 10.2. The molecule has 7 heteroatoms. The molecule has 3 aromatic rings. The van der Waals surface area contributed by atoms with E-state index in [2.05, 4.69) is 11.6 Å². The van der Waals surface area contributed by atoms with Gasteiger partial charge in [0.05, 0.1) is 29.5 Å². The van der Waals surface area contributed by atoms with E-state index in [-0.39, 0.29) is 5.56 Å². The minimum atomic E-state index is -0.424. The zero-order chi connectivity index (χ0) is 18.5. The predicted octanol–water partition coefficient (Wildman–Crippen LogP) is 3.64. The number of fused-ring (bicyclic) bond motifs is 1. The van der Waals surface area contributed by atoms with E-state index in [1.54, 1.807) is 35.8 Å². The molecule has 0 aliphatic carbocycles. The lowest BCUT2D eigenvalue weighted by molar-refractivity contribution is 0.0524. The summed E-state index contributed by atoms with van der Waals surface area (Å²) in [6, 6.07) is 8.79. The third-order valence-electron chi connectivity index (χ3n) is 3.71. The van der Waals surface area contributed by atoms with Gasteiger partial charge in [-0.3, -0.25) is 9.36 Å². The first-order chi connectivity index (χ1) is 12.7. The average molecular weight is 370 g/mol. The predicted molar refractivity (Wildman–Crippen MR) is 100 cm³/mol. The van der Waals surface area contributed by atoms with E-state index >= 15 is 0 Å². The fourth-order valence-electron chi connectivity index (χ4n) is 2.52. The van der Waals surface area contributed by atoms with Gasteiger partial charge in [-0.2, -0.15) is 0 Å². The van der Waals surface area contributed by atoms with Crippen molar-refractivity contribution in [2.75, 3.05) is 6.61 Å². The van der Waals surface area contributed by atoms with Gasteiger partial charge in [0.1, 0.15) is 11.3 Å². The second kappa shape index (κ2) is 8.05. The highest BCUT2D eigenvalue weighted by molar-refractivity contribution is 7.98. The molecule has 6 nitrogen and oxygen atoms in total. The van der Waals surface area contributed by atoms with Crippen LogP contribution in [0.15, 0.2) is 63.6 Å². The molecule has 0 saturated heterocycles. The number of aromatic nitrogens is 2. The molecule has 0 saturated carbocycles. The lowest BCUT2D eigenvalue weighted by Gasteiger charge is -2.11. The molecular formula is C19H18N2O4S. The molecule has 0 fully saturated rings. The Hall–Kier alpha value is -2.80. The second-order valence-corrected chi connectivity index (χ2v) is 6.33. The highest BCUT2D eigenvalue weighted by atomic mass is 32.2. The summed E-state index contributed by atoms with van der Waals surface area (Å²) in [5, 5.41) is 1.10. The Labute approximate surface area is 154 Å². The Morgan fingerprint density at radius 1 is 1.38 bits per heavy atom. The van der Waals surface area contributed by atoms with Crippen molar-refractivity contribution < 1.29 is 13.9 Å². The van der Waals surface area contributed by atoms with E-state index in [9.17, 15) is 9.59 Å². The maximum Gasteiger partial charge on any atom is 0.341 e. The van der Waals surface area contributed by atoms with E-state index in [0.717, 1.165) is 0 Å². The van der Waals surface area contributed by atoms with Gasteiger partial charge in [-0.05, 0) is 25.1 Å². The van der Waals surface area contributed by atoms with Gasteiger partial charge < -0.3 is 9.15 Å². The van der Waals surface area contributed by atoms with Crippen LogP contribution in [-0.4, -0.2) is 22.1 Å². The van der Waals surface area contributed by atoms with Gasteiger partial charge in [-0.1, -0.05) is 30.0 Å². The highest BCUT2D eigenvalue weighted by Gasteiger charge is 2.17. The first-order valence-corrected chi connectivity index (χ1v) is 9.11. The fourth-order valence-corrected chi connectivity index (χ4v) is 3.48. The summed E-state index contributed by atoms with van der Waals surface area (Å²) in [5.74, 6) is 0.413. The number of carbonyl (C=O) groups is 1. The highest BCUT2D eigenvalue weighted by Crippen LogP contribution is 2.25. The molecule has 0 atom stereocenters. The van der Waals surface area contributed by atoms with Crippen molar-refractivity contribution >= 4 is 28.6 Å². The van der Waals surface area contributed by atoms with Crippen LogP contribution in [0.5, 0.6) is 0 Å². The van der Waals surface area contributed by atoms with Crippen LogP contribution in [0, 0.1) is 0 Å². The van der Waals surface area contributed by atoms with Crippen LogP contribution >= 0.6 is 11.8 Å². The van der Waals surface area contributed by atoms with Crippen molar-refractivity contribution in [1.82, 2.24) is 9.55 Å². The monoisotopic (exact) mass is 370 g/mol. The number of benzene rings is 1. The smallest absolute Gasteiger partial charge is 0.341 e. The largest absolute Gasteiger partial charge is 0.468 e. The molecule has 1 aromatic carbocycles. The maximum atomic E-state index is 12.7. The summed E-state index contributed by atoms with van der Waals surface area (Å²) in [6.07, 6.45) is 3.10. The zero-order valence-electron chi connectivity index (χ0n) is 14.3. The molecule has 0 spiro atoms. The van der Waals surface area contributed by atoms with Crippen LogP contribution in [0.25, 0.3) is 10.9 Å². The zero-order valence-corrected chi connectivity index (χ0v) is 15.1. The molecular weight excluding hydrogens is 352 g/mol. The first kappa shape index (κ1) is 18.0. The Balaban J connectivity index is 1.93. The number of thioether (sulfide) groups is 1. The molecule has 134 valence electrons. The normalized spacial score (nSPS) is 10.8. The summed E-state index contributed by atoms with van der Waals surface area (Å²) in [7, 11) is 0. The molecule has 0 radical (unpaired) electrons. The van der Waals surface area contributed by atoms with Crippen molar-refractivity contribution in [1.29, 1.82) is 0 Å². The molecule has 2 heterocycles. The van der Waals surface area contributed by atoms with Gasteiger partial charge in [0.25, 0.3) is 5.56 Å². The number of furan rings is 1. The van der Waals surface area contributed by atoms with Crippen LogP contribution in [0.4, 0.5) is 0 Å². The van der Waals surface area contributed by atoms with E-state index < -0.39 is 5.97 Å². The molecule has 0 aliphatic rings. The number of nitrogens with zero attached hydrogens (tertiary/aromatic N) is 2. The lowest BCUT2D eigenvalue weighted by Crippen LogP contribution is -2.22. The Kier molecular flexibility index (Phi) is 5.58. The van der Waals surface area contributed by atoms with Crippen LogP contribution in [0.3, 0.4) is 0 Å². The number of allylic oxidation sites excluding steroid dienone is 1. The maximum absolute atomic E-state index is 12.7. The summed E-state index contributed by atoms with van der Waals surface area (Å²) >= 11 is 1.33. The number of carbonyl (C=O) groups excluding carboxylic acids is 1. The van der Waals surface area contributed by atoms with Gasteiger partial charge in [-0.15, -0.1) is 6.58 Å². The standard InChI is InChI=1S/C19H18N2O4S/c1-3-10-21-17(22)13-7-5-6-8-15(13)20-19(21)26-12-16-14(9-11-25-16)18(23)24-4-2/h3,5-9,11H,1,4,10,12H2,2H3. The molecule has 0 bridgehead atoms. The Bertz CT molecular complexity index is 1010. The Morgan fingerprint density at radius 2 is 2.19 bits per heavy atom. The van der Waals surface area contributed by atoms with Crippen LogP contribution in [0.1, 0.15) is 23.0 Å². The quantitative estimate of drug-likeness (QED) is 0.274. The topological polar surface area (TPSA) is 74.3 Å². The van der Waals surface area contributed by atoms with Gasteiger partial charge in [0.15, 0.2) is 5.16 Å². The van der Waals surface area contributed by atoms with E-state index in [1.807, 2.05) is 12.1 Å². The number of hydrogen-bond acceptors (Lipinski definition) is 6. The molecule has 0 N–H and O–H groups in total. The SMILES string of the molecule is C=CCn1c(SCc2occc2C(=O)OCC)nc2ccccc2c1=O. The van der Waals surface area contributed by atoms with Crippen molar-refractivity contribution in [3.05, 3.63) is 70.9 Å². The first-order valence-electron chi connectivity index (χ1n) is 8.12. The minimum Gasteiger partial charge on any atom is -0.468 e. The van der Waals surface area contributed by atoms with Crippen molar-refractivity contribution in [3.63, 3.8) is 0 Å². The fraction of sp³-hybridized carbons (Fsp3) is 0.211. The number of hydrogen-bond donors (Lipinski definition) is 0. The van der Waals surface area contributed by atoms with E-state index in [4.69, 9.17) is 9.15 Å². The summed E-state index contributed by atoms with van der Waals surface area (Å²) < 4.78 is 12.0. The van der Waals surface area contributed by atoms with Crippen LogP contribution < -0.4 is 5.56 Å². The average Bonchev–Trinajstić information content (AvgIpc) is 3.12. The minimum absolute atomic E-state index is 0.122. The van der Waals surface area contributed by atoms with Gasteiger partial charge in [-0.25, -0.2) is 9.78 Å². The van der Waals surface area contributed by atoms with Crippen LogP contribution in [0.2, 0.25) is 0 Å². The molecule has 3 rings (SSSR count). The number of esters is 1. The van der Waals surface area contributed by atoms with E-state index in [0.29, 0.717) is 46.3 Å². The van der Waals surface area contributed by atoms with E-state index in [1.165, 1.54) is 18.0 Å². The molecule has 0 aliphatic heterocycles. The number of ether oxygens (including phenoxy) is 1. The molecule has 0 unspecified atom stereocenters. The van der Waals surface area contributed by atoms with Crippen LogP contribution in [-0.2, 0) is 17.0 Å². The van der Waals surface area contributed by atoms with Crippen molar-refractivity contribution in [3.8, 4) is 0 Å². The third kappa shape index (κ3) is 3.57. The second-order valence-electron chi connectivity index (χ2n) is 5.38. The Morgan fingerprint density at radius 3 is 2.96 bits per heavy atom.